The van der Waals surface area contributed by atoms with Crippen LogP contribution in [0, 0.1) is 13.8 Å². The Morgan fingerprint density at radius 2 is 1.62 bits per heavy atom. The van der Waals surface area contributed by atoms with Crippen molar-refractivity contribution in [3.8, 4) is 16.9 Å². The van der Waals surface area contributed by atoms with Crippen LogP contribution in [0.5, 0.6) is 0 Å². The van der Waals surface area contributed by atoms with E-state index in [1.165, 1.54) is 0 Å². The van der Waals surface area contributed by atoms with Gasteiger partial charge in [-0.05, 0) is 49.9 Å². The first kappa shape index (κ1) is 25.4. The predicted molar refractivity (Wildman–Crippen MR) is 157 cm³/mol. The SMILES string of the molecule is Cc1ccc(-n2nc(-c3ccccc3)c3c2N(CC(=O)N2CCCC2)C(=O)CS[C@H]3c2ccccc2C)cc1. The molecule has 0 aliphatic carbocycles. The molecule has 1 atom stereocenters. The monoisotopic (exact) mass is 536 g/mol. The van der Waals surface area contributed by atoms with Crippen LogP contribution in [0.25, 0.3) is 16.9 Å². The number of nitrogens with zero attached hydrogens (tertiary/aromatic N) is 4. The highest BCUT2D eigenvalue weighted by Gasteiger charge is 2.38. The molecule has 2 amide bonds. The Morgan fingerprint density at radius 1 is 0.923 bits per heavy atom. The minimum absolute atomic E-state index is 0.0101. The lowest BCUT2D eigenvalue weighted by molar-refractivity contribution is -0.130. The lowest BCUT2D eigenvalue weighted by atomic mass is 9.97. The lowest BCUT2D eigenvalue weighted by Gasteiger charge is -2.25. The molecule has 39 heavy (non-hydrogen) atoms. The fourth-order valence-electron chi connectivity index (χ4n) is 5.52. The van der Waals surface area contributed by atoms with Crippen LogP contribution >= 0.6 is 11.8 Å². The topological polar surface area (TPSA) is 58.4 Å². The highest BCUT2D eigenvalue weighted by molar-refractivity contribution is 8.00. The van der Waals surface area contributed by atoms with Crippen LogP contribution in [0.4, 0.5) is 5.82 Å². The second-order valence-corrected chi connectivity index (χ2v) is 11.4. The number of aryl methyl sites for hydroxylation is 2. The van der Waals surface area contributed by atoms with Crippen molar-refractivity contribution in [3.05, 3.63) is 101 Å². The normalized spacial score (nSPS) is 17.3. The van der Waals surface area contributed by atoms with Crippen LogP contribution in [-0.4, -0.2) is 51.9 Å². The molecule has 1 aromatic heterocycles. The summed E-state index contributed by atoms with van der Waals surface area (Å²) in [5, 5.41) is 5.06. The summed E-state index contributed by atoms with van der Waals surface area (Å²) in [6, 6.07) is 26.7. The number of aromatic nitrogens is 2. The van der Waals surface area contributed by atoms with E-state index >= 15 is 0 Å². The van der Waals surface area contributed by atoms with E-state index in [0.717, 1.165) is 65.1 Å². The van der Waals surface area contributed by atoms with Crippen molar-refractivity contribution in [1.82, 2.24) is 14.7 Å². The molecular weight excluding hydrogens is 504 g/mol. The fraction of sp³-hybridized carbons (Fsp3) is 0.281. The van der Waals surface area contributed by atoms with E-state index in [0.29, 0.717) is 5.82 Å². The molecule has 4 aromatic rings. The molecule has 7 heteroatoms. The quantitative estimate of drug-likeness (QED) is 0.316. The minimum atomic E-state index is -0.119. The number of fused-ring (bicyclic) bond motifs is 1. The van der Waals surface area contributed by atoms with Gasteiger partial charge in [-0.1, -0.05) is 72.3 Å². The standard InChI is InChI=1S/C32H32N4O2S/c1-22-14-16-25(17-15-22)36-32-29(30(33-36)24-11-4-3-5-12-24)31(26-13-7-6-10-23(26)2)39-21-28(38)35(32)20-27(37)34-18-8-9-19-34/h3-7,10-17,31H,8-9,18-21H2,1-2H3/t31-/m0/s1. The van der Waals surface area contributed by atoms with E-state index in [9.17, 15) is 9.59 Å². The molecule has 3 aromatic carbocycles. The molecule has 6 nitrogen and oxygen atoms in total. The van der Waals surface area contributed by atoms with E-state index < -0.39 is 0 Å². The van der Waals surface area contributed by atoms with Crippen molar-refractivity contribution in [1.29, 1.82) is 0 Å². The third-order valence-corrected chi connectivity index (χ3v) is 8.87. The van der Waals surface area contributed by atoms with E-state index in [1.54, 1.807) is 16.7 Å². The number of thioether (sulfide) groups is 1. The van der Waals surface area contributed by atoms with Crippen LogP contribution in [-0.2, 0) is 9.59 Å². The first-order valence-corrected chi connectivity index (χ1v) is 14.6. The summed E-state index contributed by atoms with van der Waals surface area (Å²) in [6.45, 7) is 5.68. The number of carbonyl (C=O) groups is 2. The molecule has 198 valence electrons. The third-order valence-electron chi connectivity index (χ3n) is 7.64. The summed E-state index contributed by atoms with van der Waals surface area (Å²) in [7, 11) is 0. The van der Waals surface area contributed by atoms with Gasteiger partial charge in [0.25, 0.3) is 0 Å². The number of benzene rings is 3. The van der Waals surface area contributed by atoms with Gasteiger partial charge in [-0.2, -0.15) is 5.10 Å². The molecule has 2 aliphatic heterocycles. The molecular formula is C32H32N4O2S. The molecule has 0 bridgehead atoms. The van der Waals surface area contributed by atoms with Gasteiger partial charge in [-0.25, -0.2) is 4.68 Å². The third kappa shape index (κ3) is 4.87. The maximum Gasteiger partial charge on any atom is 0.242 e. The van der Waals surface area contributed by atoms with Gasteiger partial charge in [0.15, 0.2) is 0 Å². The average Bonchev–Trinajstić information content (AvgIpc) is 3.60. The Hall–Kier alpha value is -3.84. The van der Waals surface area contributed by atoms with Crippen molar-refractivity contribution in [2.24, 2.45) is 0 Å². The number of rotatable bonds is 5. The summed E-state index contributed by atoms with van der Waals surface area (Å²) < 4.78 is 1.88. The molecule has 1 saturated heterocycles. The van der Waals surface area contributed by atoms with Gasteiger partial charge in [-0.3, -0.25) is 14.5 Å². The fourth-order valence-corrected chi connectivity index (χ4v) is 6.82. The van der Waals surface area contributed by atoms with Crippen molar-refractivity contribution >= 4 is 29.4 Å². The Balaban J connectivity index is 1.61. The van der Waals surface area contributed by atoms with Crippen LogP contribution in [0.1, 0.15) is 40.3 Å². The van der Waals surface area contributed by atoms with Gasteiger partial charge >= 0.3 is 0 Å². The maximum atomic E-state index is 13.9. The van der Waals surface area contributed by atoms with Gasteiger partial charge < -0.3 is 4.90 Å². The largest absolute Gasteiger partial charge is 0.341 e. The highest BCUT2D eigenvalue weighted by atomic mass is 32.2. The van der Waals surface area contributed by atoms with Crippen molar-refractivity contribution < 1.29 is 9.59 Å². The van der Waals surface area contributed by atoms with E-state index in [4.69, 9.17) is 5.10 Å². The van der Waals surface area contributed by atoms with Gasteiger partial charge in [-0.15, -0.1) is 11.8 Å². The van der Waals surface area contributed by atoms with Crippen molar-refractivity contribution in [3.63, 3.8) is 0 Å². The second-order valence-electron chi connectivity index (χ2n) is 10.3. The summed E-state index contributed by atoms with van der Waals surface area (Å²) >= 11 is 1.62. The van der Waals surface area contributed by atoms with Gasteiger partial charge in [0.1, 0.15) is 12.4 Å². The lowest BCUT2D eigenvalue weighted by Crippen LogP contribution is -2.43. The predicted octanol–water partition coefficient (Wildman–Crippen LogP) is 5.95. The summed E-state index contributed by atoms with van der Waals surface area (Å²) in [5.41, 5.74) is 7.12. The summed E-state index contributed by atoms with van der Waals surface area (Å²) in [5.74, 6) is 0.888. The Morgan fingerprint density at radius 3 is 2.33 bits per heavy atom. The molecule has 0 radical (unpaired) electrons. The number of likely N-dealkylation sites (tertiary alicyclic amines) is 1. The zero-order chi connectivity index (χ0) is 26.9. The molecule has 6 rings (SSSR count). The molecule has 0 spiro atoms. The second kappa shape index (κ2) is 10.7. The molecule has 0 unspecified atom stereocenters. The van der Waals surface area contributed by atoms with E-state index in [1.807, 2.05) is 46.0 Å². The number of hydrogen-bond acceptors (Lipinski definition) is 4. The van der Waals surface area contributed by atoms with Gasteiger partial charge in [0, 0.05) is 24.2 Å². The first-order chi connectivity index (χ1) is 19.0. The molecule has 3 heterocycles. The van der Waals surface area contributed by atoms with Gasteiger partial charge in [0.05, 0.1) is 22.4 Å². The van der Waals surface area contributed by atoms with Gasteiger partial charge in [0.2, 0.25) is 11.8 Å². The minimum Gasteiger partial charge on any atom is -0.341 e. The Labute approximate surface area is 233 Å². The van der Waals surface area contributed by atoms with E-state index in [2.05, 4.69) is 56.3 Å². The van der Waals surface area contributed by atoms with E-state index in [-0.39, 0.29) is 29.4 Å². The van der Waals surface area contributed by atoms with Crippen LogP contribution in [0.15, 0.2) is 78.9 Å². The van der Waals surface area contributed by atoms with Crippen LogP contribution in [0.2, 0.25) is 0 Å². The summed E-state index contributed by atoms with van der Waals surface area (Å²) in [6.07, 6.45) is 2.02. The Bertz CT molecular complexity index is 1510. The number of hydrogen-bond donors (Lipinski definition) is 0. The van der Waals surface area contributed by atoms with Crippen LogP contribution < -0.4 is 4.90 Å². The Kier molecular flexibility index (Phi) is 7.00. The molecule has 2 aliphatic rings. The summed E-state index contributed by atoms with van der Waals surface area (Å²) in [4.78, 5) is 30.9. The zero-order valence-corrected chi connectivity index (χ0v) is 23.2. The molecule has 0 saturated carbocycles. The maximum absolute atomic E-state index is 13.9. The smallest absolute Gasteiger partial charge is 0.242 e. The number of anilines is 1. The highest BCUT2D eigenvalue weighted by Crippen LogP contribution is 2.49. The zero-order valence-electron chi connectivity index (χ0n) is 22.3. The first-order valence-electron chi connectivity index (χ1n) is 13.5. The average molecular weight is 537 g/mol. The number of carbonyl (C=O) groups excluding carboxylic acids is 2. The molecule has 0 N–H and O–H groups in total. The number of amides is 2. The van der Waals surface area contributed by atoms with Crippen molar-refractivity contribution in [2.75, 3.05) is 30.3 Å². The molecule has 1 fully saturated rings. The van der Waals surface area contributed by atoms with Crippen LogP contribution in [0.3, 0.4) is 0 Å². The van der Waals surface area contributed by atoms with Crippen molar-refractivity contribution in [2.45, 2.75) is 31.9 Å².